The van der Waals surface area contributed by atoms with Crippen molar-refractivity contribution in [2.75, 3.05) is 47.4 Å². The molecule has 6 nitrogen and oxygen atoms in total. The fraction of sp³-hybridized carbons (Fsp3) is 0.636. The average Bonchev–Trinajstić information content (AvgIpc) is 3.09. The molecule has 2 aliphatic rings. The number of aliphatic imine (C=N–C) groups is 1. The lowest BCUT2D eigenvalue weighted by Crippen LogP contribution is -2.46. The van der Waals surface area contributed by atoms with Crippen molar-refractivity contribution in [2.45, 2.75) is 25.8 Å². The van der Waals surface area contributed by atoms with Gasteiger partial charge in [0.25, 0.3) is 0 Å². The van der Waals surface area contributed by atoms with Crippen LogP contribution < -0.4 is 5.32 Å². The Morgan fingerprint density at radius 3 is 2.86 bits per heavy atom. The number of carbonyl (C=O) groups excluding carboxylic acids is 1. The van der Waals surface area contributed by atoms with Crippen molar-refractivity contribution in [3.05, 3.63) is 34.9 Å². The number of hydrogen-bond donors (Lipinski definition) is 1. The van der Waals surface area contributed by atoms with Gasteiger partial charge in [-0.25, -0.2) is 0 Å². The van der Waals surface area contributed by atoms with Crippen LogP contribution in [0.2, 0.25) is 5.02 Å². The van der Waals surface area contributed by atoms with E-state index in [-0.39, 0.29) is 17.8 Å². The van der Waals surface area contributed by atoms with E-state index in [2.05, 4.69) is 46.2 Å². The monoisotopic (exact) mass is 420 g/mol. The zero-order chi connectivity index (χ0) is 21.0. The molecule has 0 radical (unpaired) electrons. The van der Waals surface area contributed by atoms with Gasteiger partial charge in [0.05, 0.1) is 13.0 Å². The largest absolute Gasteiger partial charge is 0.469 e. The lowest BCUT2D eigenvalue weighted by molar-refractivity contribution is -0.145. The third-order valence-corrected chi connectivity index (χ3v) is 6.58. The van der Waals surface area contributed by atoms with E-state index < -0.39 is 0 Å². The maximum Gasteiger partial charge on any atom is 0.310 e. The Hall–Kier alpha value is -1.79. The number of rotatable bonds is 4. The Kier molecular flexibility index (Phi) is 7.41. The SMILES string of the molecule is CN=C(NCC1CCCN(C)C1c1cccc(Cl)c1)N1CC(C)C(C(=O)OC)C1. The van der Waals surface area contributed by atoms with Gasteiger partial charge in [0, 0.05) is 37.7 Å². The molecule has 0 spiro atoms. The molecule has 4 atom stereocenters. The Morgan fingerprint density at radius 1 is 1.38 bits per heavy atom. The molecular formula is C22H33ClN4O2. The number of piperidine rings is 1. The Bertz CT molecular complexity index is 741. The lowest BCUT2D eigenvalue weighted by atomic mass is 9.85. The minimum absolute atomic E-state index is 0.0985. The second kappa shape index (κ2) is 9.81. The highest BCUT2D eigenvalue weighted by molar-refractivity contribution is 6.30. The van der Waals surface area contributed by atoms with Gasteiger partial charge in [-0.15, -0.1) is 0 Å². The van der Waals surface area contributed by atoms with Crippen molar-refractivity contribution in [2.24, 2.45) is 22.7 Å². The van der Waals surface area contributed by atoms with Crippen LogP contribution in [0.5, 0.6) is 0 Å². The van der Waals surface area contributed by atoms with Gasteiger partial charge in [0.2, 0.25) is 0 Å². The average molecular weight is 421 g/mol. The molecule has 1 N–H and O–H groups in total. The molecule has 160 valence electrons. The van der Waals surface area contributed by atoms with Crippen LogP contribution in [0.1, 0.15) is 31.4 Å². The van der Waals surface area contributed by atoms with Crippen LogP contribution in [0.25, 0.3) is 0 Å². The van der Waals surface area contributed by atoms with E-state index >= 15 is 0 Å². The first-order valence-corrected chi connectivity index (χ1v) is 10.8. The van der Waals surface area contributed by atoms with Gasteiger partial charge >= 0.3 is 5.97 Å². The van der Waals surface area contributed by atoms with E-state index in [1.54, 1.807) is 7.05 Å². The minimum atomic E-state index is -0.134. The molecule has 7 heteroatoms. The van der Waals surface area contributed by atoms with E-state index in [9.17, 15) is 4.79 Å². The maximum atomic E-state index is 12.0. The fourth-order valence-electron chi connectivity index (χ4n) is 4.84. The molecule has 2 aliphatic heterocycles. The van der Waals surface area contributed by atoms with Crippen LogP contribution in [-0.4, -0.2) is 69.1 Å². The molecule has 4 unspecified atom stereocenters. The van der Waals surface area contributed by atoms with Crippen molar-refractivity contribution < 1.29 is 9.53 Å². The lowest BCUT2D eigenvalue weighted by Gasteiger charge is -2.40. The molecule has 29 heavy (non-hydrogen) atoms. The number of ether oxygens (including phenoxy) is 1. The van der Waals surface area contributed by atoms with Crippen LogP contribution in [0.4, 0.5) is 0 Å². The zero-order valence-corrected chi connectivity index (χ0v) is 18.7. The molecular weight excluding hydrogens is 388 g/mol. The quantitative estimate of drug-likeness (QED) is 0.461. The standard InChI is InChI=1S/C22H33ClN4O2/c1-15-13-27(14-19(15)21(28)29-4)22(24-2)25-12-17-8-6-10-26(3)20(17)16-7-5-9-18(23)11-16/h5,7,9,11,15,17,19-20H,6,8,10,12-14H2,1-4H3,(H,24,25). The summed E-state index contributed by atoms with van der Waals surface area (Å²) in [5, 5.41) is 4.36. The highest BCUT2D eigenvalue weighted by Crippen LogP contribution is 2.35. The van der Waals surface area contributed by atoms with E-state index in [4.69, 9.17) is 16.3 Å². The Morgan fingerprint density at radius 2 is 2.17 bits per heavy atom. The smallest absolute Gasteiger partial charge is 0.310 e. The summed E-state index contributed by atoms with van der Waals surface area (Å²) in [5.41, 5.74) is 1.27. The molecule has 0 saturated carbocycles. The number of guanidine groups is 1. The summed E-state index contributed by atoms with van der Waals surface area (Å²) in [5.74, 6) is 1.34. The predicted molar refractivity (Wildman–Crippen MR) is 117 cm³/mol. The van der Waals surface area contributed by atoms with Gasteiger partial charge in [0.15, 0.2) is 5.96 Å². The highest BCUT2D eigenvalue weighted by Gasteiger charge is 2.37. The molecule has 3 rings (SSSR count). The van der Waals surface area contributed by atoms with Gasteiger partial charge in [-0.05, 0) is 56.0 Å². The number of methoxy groups -OCH3 is 1. The summed E-state index contributed by atoms with van der Waals surface area (Å²) in [6, 6.07) is 8.54. The summed E-state index contributed by atoms with van der Waals surface area (Å²) in [7, 11) is 5.45. The molecule has 1 aromatic rings. The first kappa shape index (κ1) is 21.9. The molecule has 2 fully saturated rings. The van der Waals surface area contributed by atoms with Gasteiger partial charge in [0.1, 0.15) is 0 Å². The second-order valence-electron chi connectivity index (χ2n) is 8.32. The predicted octanol–water partition coefficient (Wildman–Crippen LogP) is 3.04. The zero-order valence-electron chi connectivity index (χ0n) is 17.9. The highest BCUT2D eigenvalue weighted by atomic mass is 35.5. The molecule has 2 saturated heterocycles. The molecule has 0 bridgehead atoms. The van der Waals surface area contributed by atoms with E-state index in [0.717, 1.165) is 37.0 Å². The topological polar surface area (TPSA) is 57.2 Å². The fourth-order valence-corrected chi connectivity index (χ4v) is 5.04. The first-order chi connectivity index (χ1) is 13.9. The molecule has 0 amide bonds. The third-order valence-electron chi connectivity index (χ3n) is 6.35. The number of halogens is 1. The van der Waals surface area contributed by atoms with Crippen LogP contribution in [0, 0.1) is 17.8 Å². The van der Waals surface area contributed by atoms with Gasteiger partial charge < -0.3 is 15.0 Å². The number of nitrogens with one attached hydrogen (secondary N) is 1. The minimum Gasteiger partial charge on any atom is -0.469 e. The van der Waals surface area contributed by atoms with Crippen LogP contribution in [0.15, 0.2) is 29.3 Å². The van der Waals surface area contributed by atoms with Crippen LogP contribution in [0.3, 0.4) is 0 Å². The summed E-state index contributed by atoms with van der Waals surface area (Å²) < 4.78 is 4.96. The van der Waals surface area contributed by atoms with Crippen LogP contribution in [-0.2, 0) is 9.53 Å². The van der Waals surface area contributed by atoms with Crippen LogP contribution >= 0.6 is 11.6 Å². The number of benzene rings is 1. The molecule has 0 aliphatic carbocycles. The van der Waals surface area contributed by atoms with Gasteiger partial charge in [-0.1, -0.05) is 30.7 Å². The van der Waals surface area contributed by atoms with E-state index in [1.807, 2.05) is 12.1 Å². The number of carbonyl (C=O) groups is 1. The van der Waals surface area contributed by atoms with Crippen molar-refractivity contribution in [1.82, 2.24) is 15.1 Å². The number of hydrogen-bond acceptors (Lipinski definition) is 4. The number of nitrogens with zero attached hydrogens (tertiary/aromatic N) is 3. The van der Waals surface area contributed by atoms with Crippen molar-refractivity contribution in [3.8, 4) is 0 Å². The summed E-state index contributed by atoms with van der Waals surface area (Å²) in [6.45, 7) is 5.48. The maximum absolute atomic E-state index is 12.0. The summed E-state index contributed by atoms with van der Waals surface area (Å²) >= 11 is 6.26. The Labute approximate surface area is 179 Å². The summed E-state index contributed by atoms with van der Waals surface area (Å²) in [4.78, 5) is 21.1. The first-order valence-electron chi connectivity index (χ1n) is 10.4. The van der Waals surface area contributed by atoms with E-state index in [1.165, 1.54) is 19.1 Å². The molecule has 1 aromatic carbocycles. The number of esters is 1. The normalized spacial score (nSPS) is 28.4. The number of likely N-dealkylation sites (tertiary alicyclic amines) is 2. The van der Waals surface area contributed by atoms with Crippen molar-refractivity contribution in [1.29, 1.82) is 0 Å². The molecule has 0 aromatic heterocycles. The summed E-state index contributed by atoms with van der Waals surface area (Å²) in [6.07, 6.45) is 2.34. The van der Waals surface area contributed by atoms with Crippen molar-refractivity contribution >= 4 is 23.5 Å². The second-order valence-corrected chi connectivity index (χ2v) is 8.76. The van der Waals surface area contributed by atoms with Crippen molar-refractivity contribution in [3.63, 3.8) is 0 Å². The van der Waals surface area contributed by atoms with Gasteiger partial charge in [-0.2, -0.15) is 0 Å². The van der Waals surface area contributed by atoms with Gasteiger partial charge in [-0.3, -0.25) is 14.7 Å². The van der Waals surface area contributed by atoms with E-state index in [0.29, 0.717) is 18.5 Å². The third kappa shape index (κ3) is 5.04. The molecule has 2 heterocycles. The Balaban J connectivity index is 1.67.